The fraction of sp³-hybridized carbons (Fsp3) is 0.133. The van der Waals surface area contributed by atoms with Crippen LogP contribution in [0.25, 0.3) is 0 Å². The number of aryl methyl sites for hydroxylation is 2. The number of primary sulfonamides is 1. The third-order valence-electron chi connectivity index (χ3n) is 3.16. The monoisotopic (exact) mass is 320 g/mol. The Bertz CT molecular complexity index is 845. The molecule has 0 radical (unpaired) electrons. The third-order valence-corrected chi connectivity index (χ3v) is 4.21. The van der Waals surface area contributed by atoms with Crippen LogP contribution in [0.1, 0.15) is 21.5 Å². The molecule has 2 rings (SSSR count). The van der Waals surface area contributed by atoms with Crippen LogP contribution in [0.2, 0.25) is 0 Å². The van der Waals surface area contributed by atoms with Gasteiger partial charge in [0.25, 0.3) is 5.91 Å². The largest absolute Gasteiger partial charge is 0.506 e. The maximum absolute atomic E-state index is 12.2. The van der Waals surface area contributed by atoms with Crippen molar-refractivity contribution < 1.29 is 18.3 Å². The molecule has 4 N–H and O–H groups in total. The Kier molecular flexibility index (Phi) is 4.20. The minimum atomic E-state index is -3.91. The summed E-state index contributed by atoms with van der Waals surface area (Å²) in [7, 11) is -3.91. The maximum Gasteiger partial charge on any atom is 0.255 e. The molecule has 2 aromatic carbocycles. The Hall–Kier alpha value is -2.38. The fourth-order valence-electron chi connectivity index (χ4n) is 1.99. The number of hydrogen-bond donors (Lipinski definition) is 3. The lowest BCUT2D eigenvalue weighted by atomic mass is 10.1. The van der Waals surface area contributed by atoms with Crippen molar-refractivity contribution in [3.63, 3.8) is 0 Å². The number of aromatic hydroxyl groups is 1. The zero-order valence-electron chi connectivity index (χ0n) is 12.1. The zero-order chi connectivity index (χ0) is 16.5. The number of hydrogen-bond acceptors (Lipinski definition) is 4. The van der Waals surface area contributed by atoms with Gasteiger partial charge in [0.2, 0.25) is 10.0 Å². The summed E-state index contributed by atoms with van der Waals surface area (Å²) >= 11 is 0. The first-order valence-corrected chi connectivity index (χ1v) is 7.97. The number of carbonyl (C=O) groups excluding carboxylic acids is 1. The van der Waals surface area contributed by atoms with E-state index in [9.17, 15) is 18.3 Å². The molecule has 1 amide bonds. The van der Waals surface area contributed by atoms with Crippen LogP contribution in [0.15, 0.2) is 41.3 Å². The topological polar surface area (TPSA) is 109 Å². The molecule has 116 valence electrons. The lowest BCUT2D eigenvalue weighted by Gasteiger charge is -2.10. The van der Waals surface area contributed by atoms with Crippen LogP contribution in [0.3, 0.4) is 0 Å². The Morgan fingerprint density at radius 2 is 1.82 bits per heavy atom. The summed E-state index contributed by atoms with van der Waals surface area (Å²) in [5.41, 5.74) is 1.68. The van der Waals surface area contributed by atoms with E-state index in [1.54, 1.807) is 19.1 Å². The molecule has 2 aromatic rings. The highest BCUT2D eigenvalue weighted by Gasteiger charge is 2.16. The van der Waals surface area contributed by atoms with Gasteiger partial charge in [-0.05, 0) is 49.2 Å². The van der Waals surface area contributed by atoms with Gasteiger partial charge in [-0.15, -0.1) is 0 Å². The molecule has 7 heteroatoms. The van der Waals surface area contributed by atoms with Gasteiger partial charge < -0.3 is 10.4 Å². The summed E-state index contributed by atoms with van der Waals surface area (Å²) in [5.74, 6) is -0.601. The van der Waals surface area contributed by atoms with Gasteiger partial charge in [-0.2, -0.15) is 0 Å². The van der Waals surface area contributed by atoms with Crippen LogP contribution in [-0.4, -0.2) is 19.4 Å². The molecule has 0 heterocycles. The second-order valence-corrected chi connectivity index (χ2v) is 6.53. The Morgan fingerprint density at radius 3 is 2.41 bits per heavy atom. The predicted octanol–water partition coefficient (Wildman–Crippen LogP) is 1.91. The van der Waals surface area contributed by atoms with E-state index < -0.39 is 15.9 Å². The van der Waals surface area contributed by atoms with Crippen LogP contribution in [0.5, 0.6) is 5.75 Å². The van der Waals surface area contributed by atoms with Crippen molar-refractivity contribution in [3.05, 3.63) is 53.1 Å². The van der Waals surface area contributed by atoms with E-state index in [0.717, 1.165) is 5.56 Å². The number of carbonyl (C=O) groups is 1. The summed E-state index contributed by atoms with van der Waals surface area (Å²) in [6, 6.07) is 9.03. The van der Waals surface area contributed by atoms with Gasteiger partial charge in [0, 0.05) is 5.56 Å². The lowest BCUT2D eigenvalue weighted by Crippen LogP contribution is -2.17. The van der Waals surface area contributed by atoms with E-state index in [4.69, 9.17) is 5.14 Å². The molecule has 0 aromatic heterocycles. The van der Waals surface area contributed by atoms with Gasteiger partial charge in [0.05, 0.1) is 10.6 Å². The van der Waals surface area contributed by atoms with Crippen molar-refractivity contribution >= 4 is 21.6 Å². The van der Waals surface area contributed by atoms with Gasteiger partial charge in [0.15, 0.2) is 0 Å². The number of rotatable bonds is 3. The number of phenols is 1. The summed E-state index contributed by atoms with van der Waals surface area (Å²) in [5, 5.41) is 17.4. The highest BCUT2D eigenvalue weighted by Crippen LogP contribution is 2.25. The first-order valence-electron chi connectivity index (χ1n) is 6.43. The third kappa shape index (κ3) is 3.44. The number of benzene rings is 2. The smallest absolute Gasteiger partial charge is 0.255 e. The van der Waals surface area contributed by atoms with Crippen molar-refractivity contribution in [2.45, 2.75) is 18.7 Å². The van der Waals surface area contributed by atoms with Gasteiger partial charge in [0.1, 0.15) is 5.75 Å². The molecule has 0 atom stereocenters. The summed E-state index contributed by atoms with van der Waals surface area (Å²) in [6.07, 6.45) is 0. The van der Waals surface area contributed by atoms with E-state index in [1.807, 2.05) is 6.92 Å². The molecule has 0 bridgehead atoms. The van der Waals surface area contributed by atoms with Crippen LogP contribution < -0.4 is 10.5 Å². The van der Waals surface area contributed by atoms with Crippen molar-refractivity contribution in [2.24, 2.45) is 5.14 Å². The Balaban J connectivity index is 2.34. The molecule has 22 heavy (non-hydrogen) atoms. The van der Waals surface area contributed by atoms with Crippen LogP contribution >= 0.6 is 0 Å². The quantitative estimate of drug-likeness (QED) is 0.750. The first kappa shape index (κ1) is 16.0. The van der Waals surface area contributed by atoms with Gasteiger partial charge in [-0.25, -0.2) is 13.6 Å². The Labute approximate surface area is 128 Å². The first-order chi connectivity index (χ1) is 10.2. The van der Waals surface area contributed by atoms with Gasteiger partial charge in [-0.1, -0.05) is 12.1 Å². The number of phenolic OH excluding ortho intramolecular Hbond substituents is 1. The molecule has 0 saturated carbocycles. The van der Waals surface area contributed by atoms with Crippen LogP contribution in [0, 0.1) is 13.8 Å². The highest BCUT2D eigenvalue weighted by molar-refractivity contribution is 7.89. The van der Waals surface area contributed by atoms with Crippen molar-refractivity contribution in [2.75, 3.05) is 5.32 Å². The molecule has 0 aliphatic heterocycles. The van der Waals surface area contributed by atoms with E-state index >= 15 is 0 Å². The molecular weight excluding hydrogens is 304 g/mol. The maximum atomic E-state index is 12.2. The minimum absolute atomic E-state index is 0.0628. The summed E-state index contributed by atoms with van der Waals surface area (Å²) < 4.78 is 23.0. The van der Waals surface area contributed by atoms with E-state index in [2.05, 4.69) is 5.32 Å². The summed E-state index contributed by atoms with van der Waals surface area (Å²) in [6.45, 7) is 3.40. The molecule has 0 aliphatic rings. The minimum Gasteiger partial charge on any atom is -0.506 e. The SMILES string of the molecule is Cc1ccc(NC(=O)c2ccc(C)c(S(N)(=O)=O)c2)c(O)c1. The number of anilines is 1. The van der Waals surface area contributed by atoms with Gasteiger partial charge >= 0.3 is 0 Å². The predicted molar refractivity (Wildman–Crippen MR) is 83.3 cm³/mol. The second-order valence-electron chi connectivity index (χ2n) is 5.00. The van der Waals surface area contributed by atoms with Crippen molar-refractivity contribution in [3.8, 4) is 5.75 Å². The van der Waals surface area contributed by atoms with E-state index in [-0.39, 0.29) is 21.9 Å². The number of sulfonamides is 1. The van der Waals surface area contributed by atoms with Crippen molar-refractivity contribution in [1.82, 2.24) is 0 Å². The molecule has 0 aliphatic carbocycles. The number of nitrogens with one attached hydrogen (secondary N) is 1. The normalized spacial score (nSPS) is 11.2. The molecule has 0 saturated heterocycles. The zero-order valence-corrected chi connectivity index (χ0v) is 12.9. The molecule has 6 nitrogen and oxygen atoms in total. The van der Waals surface area contributed by atoms with E-state index in [1.165, 1.54) is 24.3 Å². The number of nitrogens with two attached hydrogens (primary N) is 1. The fourth-order valence-corrected chi connectivity index (χ4v) is 2.80. The standard InChI is InChI=1S/C15H16N2O4S/c1-9-3-6-12(13(18)7-9)17-15(19)11-5-4-10(2)14(8-11)22(16,20)21/h3-8,18H,1-2H3,(H,17,19)(H2,16,20,21). The molecule has 0 unspecified atom stereocenters. The average Bonchev–Trinajstić information content (AvgIpc) is 2.41. The van der Waals surface area contributed by atoms with Crippen LogP contribution in [-0.2, 0) is 10.0 Å². The number of amides is 1. The molecule has 0 spiro atoms. The highest BCUT2D eigenvalue weighted by atomic mass is 32.2. The van der Waals surface area contributed by atoms with E-state index in [0.29, 0.717) is 5.56 Å². The average molecular weight is 320 g/mol. The Morgan fingerprint density at radius 1 is 1.14 bits per heavy atom. The molecule has 0 fully saturated rings. The van der Waals surface area contributed by atoms with Crippen LogP contribution in [0.4, 0.5) is 5.69 Å². The van der Waals surface area contributed by atoms with Crippen molar-refractivity contribution in [1.29, 1.82) is 0 Å². The lowest BCUT2D eigenvalue weighted by molar-refractivity contribution is 0.102. The molecular formula is C15H16N2O4S. The summed E-state index contributed by atoms with van der Waals surface area (Å²) in [4.78, 5) is 12.1. The second kappa shape index (κ2) is 5.78. The van der Waals surface area contributed by atoms with Gasteiger partial charge in [-0.3, -0.25) is 4.79 Å².